The maximum Gasteiger partial charge on any atom is 0.267 e. The van der Waals surface area contributed by atoms with Gasteiger partial charge in [-0.15, -0.1) is 0 Å². The number of carbonyl (C=O) groups excluding carboxylic acids is 2. The molecule has 0 saturated heterocycles. The Balaban J connectivity index is 0.000000198. The Labute approximate surface area is 291 Å². The van der Waals surface area contributed by atoms with Crippen LogP contribution in [-0.4, -0.2) is 62.2 Å². The van der Waals surface area contributed by atoms with Gasteiger partial charge in [0, 0.05) is 61.1 Å². The zero-order chi connectivity index (χ0) is 36.4. The summed E-state index contributed by atoms with van der Waals surface area (Å²) in [7, 11) is -7.48. The Hall–Kier alpha value is -6.40. The first-order valence-electron chi connectivity index (χ1n) is 14.7. The van der Waals surface area contributed by atoms with Crippen LogP contribution in [-0.2, 0) is 29.6 Å². The molecule has 4 aromatic heterocycles. The first-order valence-corrected chi connectivity index (χ1v) is 17.6. The lowest BCUT2D eigenvalue weighted by molar-refractivity contribution is -0.124. The number of aromatic amines is 1. The van der Waals surface area contributed by atoms with Crippen LogP contribution in [0.1, 0.15) is 11.1 Å². The molecule has 0 aliphatic carbocycles. The molecule has 0 radical (unpaired) electrons. The van der Waals surface area contributed by atoms with E-state index >= 15 is 0 Å². The van der Waals surface area contributed by atoms with Gasteiger partial charge in [-0.05, 0) is 88.5 Å². The molecular formula is C34H29N7O8S2. The molecule has 4 heterocycles. The number of aromatic nitrogens is 5. The van der Waals surface area contributed by atoms with Crippen molar-refractivity contribution in [3.63, 3.8) is 0 Å². The van der Waals surface area contributed by atoms with Crippen molar-refractivity contribution in [2.24, 2.45) is 0 Å². The van der Waals surface area contributed by atoms with Crippen LogP contribution in [0.5, 0.6) is 0 Å². The molecule has 51 heavy (non-hydrogen) atoms. The van der Waals surface area contributed by atoms with Gasteiger partial charge in [-0.25, -0.2) is 35.7 Å². The molecule has 5 N–H and O–H groups in total. The summed E-state index contributed by atoms with van der Waals surface area (Å²) in [5.74, 6) is -1.40. The molecule has 2 aromatic carbocycles. The van der Waals surface area contributed by atoms with Gasteiger partial charge >= 0.3 is 0 Å². The molecule has 0 bridgehead atoms. The molecule has 6 aromatic rings. The minimum atomic E-state index is -3.74. The third-order valence-electron chi connectivity index (χ3n) is 7.16. The number of hydroxylamine groups is 2. The Morgan fingerprint density at radius 2 is 1.06 bits per heavy atom. The van der Waals surface area contributed by atoms with Gasteiger partial charge in [-0.3, -0.25) is 30.1 Å². The molecule has 0 fully saturated rings. The first kappa shape index (κ1) is 35.9. The number of H-pyrrole nitrogens is 1. The maximum atomic E-state index is 12.7. The van der Waals surface area contributed by atoms with Crippen LogP contribution in [0.4, 0.5) is 0 Å². The zero-order valence-electron chi connectivity index (χ0n) is 26.3. The van der Waals surface area contributed by atoms with E-state index in [1.807, 2.05) is 12.1 Å². The molecule has 0 spiro atoms. The maximum absolute atomic E-state index is 12.7. The molecule has 0 saturated carbocycles. The van der Waals surface area contributed by atoms with Crippen molar-refractivity contribution in [1.29, 1.82) is 0 Å². The van der Waals surface area contributed by atoms with Crippen molar-refractivity contribution >= 4 is 44.0 Å². The molecular weight excluding hydrogens is 699 g/mol. The largest absolute Gasteiger partial charge is 0.288 e. The summed E-state index contributed by atoms with van der Waals surface area (Å²) < 4.78 is 52.8. The number of hydrogen-bond donors (Lipinski definition) is 5. The predicted molar refractivity (Wildman–Crippen MR) is 186 cm³/mol. The van der Waals surface area contributed by atoms with Gasteiger partial charge < -0.3 is 0 Å². The number of nitrogens with zero attached hydrogens (tertiary/aromatic N) is 4. The van der Waals surface area contributed by atoms with Gasteiger partial charge in [0.1, 0.15) is 0 Å². The number of amides is 2. The van der Waals surface area contributed by atoms with E-state index in [4.69, 9.17) is 10.4 Å². The van der Waals surface area contributed by atoms with Gasteiger partial charge in [-0.2, -0.15) is 5.10 Å². The summed E-state index contributed by atoms with van der Waals surface area (Å²) in [6.07, 6.45) is 17.2. The molecule has 0 aliphatic heterocycles. The summed E-state index contributed by atoms with van der Waals surface area (Å²) in [5.41, 5.74) is 7.46. The van der Waals surface area contributed by atoms with Gasteiger partial charge in [0.25, 0.3) is 31.9 Å². The van der Waals surface area contributed by atoms with Crippen LogP contribution in [0.2, 0.25) is 0 Å². The SMILES string of the molecule is O=C(/C=C/c1ccn(S(=O)(=O)c2ccc(-c3ccncc3)cc2)c1)NO.O=C(/C=C/c1ccn(S(=O)(=O)c2ccc(-c3cn[nH]c3)cc2)c1)NO. The van der Waals surface area contributed by atoms with Gasteiger partial charge in [0.2, 0.25) is 0 Å². The average Bonchev–Trinajstić information content (AvgIpc) is 3.97. The standard InChI is InChI=1S/C18H15N3O4S.C16H14N4O4S/c22-18(20-23)6-1-14-9-12-21(13-14)26(24,25)17-4-2-15(3-5-17)16-7-10-19-11-8-16;21-16(19-22)6-1-12-7-8-20(11-12)25(23,24)15-4-2-13(3-5-15)14-9-17-18-10-14/h1-13,23H,(H,20,22);1-11,22H,(H,17,18)(H,19,21)/b2*6-1+. The van der Waals surface area contributed by atoms with Crippen LogP contribution in [0.15, 0.2) is 144 Å². The summed E-state index contributed by atoms with van der Waals surface area (Å²) in [5, 5.41) is 23.4. The highest BCUT2D eigenvalue weighted by atomic mass is 32.2. The highest BCUT2D eigenvalue weighted by Gasteiger charge is 2.18. The lowest BCUT2D eigenvalue weighted by Gasteiger charge is -2.07. The topological polar surface area (TPSA) is 218 Å². The van der Waals surface area contributed by atoms with Crippen LogP contribution >= 0.6 is 0 Å². The van der Waals surface area contributed by atoms with E-state index in [1.165, 1.54) is 60.0 Å². The quantitative estimate of drug-likeness (QED) is 0.0778. The van der Waals surface area contributed by atoms with Crippen LogP contribution < -0.4 is 11.0 Å². The minimum Gasteiger partial charge on any atom is -0.288 e. The Morgan fingerprint density at radius 1 is 0.627 bits per heavy atom. The van der Waals surface area contributed by atoms with Crippen molar-refractivity contribution in [3.05, 3.63) is 146 Å². The van der Waals surface area contributed by atoms with Crippen molar-refractivity contribution in [2.75, 3.05) is 0 Å². The fourth-order valence-electron chi connectivity index (χ4n) is 4.53. The number of carbonyl (C=O) groups is 2. The van der Waals surface area contributed by atoms with Crippen molar-refractivity contribution < 1.29 is 36.8 Å². The molecule has 260 valence electrons. The Kier molecular flexibility index (Phi) is 11.2. The summed E-state index contributed by atoms with van der Waals surface area (Å²) in [6, 6.07) is 19.8. The fourth-order valence-corrected chi connectivity index (χ4v) is 6.94. The van der Waals surface area contributed by atoms with E-state index in [1.54, 1.807) is 73.3 Å². The van der Waals surface area contributed by atoms with Gasteiger partial charge in [-0.1, -0.05) is 24.3 Å². The van der Waals surface area contributed by atoms with E-state index < -0.39 is 31.9 Å². The Bertz CT molecular complexity index is 2380. The highest BCUT2D eigenvalue weighted by molar-refractivity contribution is 7.90. The second kappa shape index (κ2) is 15.9. The smallest absolute Gasteiger partial charge is 0.267 e. The second-order valence-electron chi connectivity index (χ2n) is 10.4. The van der Waals surface area contributed by atoms with E-state index in [0.717, 1.165) is 42.4 Å². The van der Waals surface area contributed by atoms with E-state index in [-0.39, 0.29) is 9.79 Å². The number of pyridine rings is 1. The molecule has 0 atom stereocenters. The van der Waals surface area contributed by atoms with E-state index in [0.29, 0.717) is 11.1 Å². The molecule has 17 heteroatoms. The van der Waals surface area contributed by atoms with Crippen molar-refractivity contribution in [3.8, 4) is 22.3 Å². The van der Waals surface area contributed by atoms with Crippen LogP contribution in [0.25, 0.3) is 34.4 Å². The molecule has 6 rings (SSSR count). The van der Waals surface area contributed by atoms with Gasteiger partial charge in [0.05, 0.1) is 16.0 Å². The number of benzene rings is 2. The lowest BCUT2D eigenvalue weighted by atomic mass is 10.1. The fraction of sp³-hybridized carbons (Fsp3) is 0. The molecule has 0 aliphatic rings. The molecule has 15 nitrogen and oxygen atoms in total. The predicted octanol–water partition coefficient (Wildman–Crippen LogP) is 3.94. The summed E-state index contributed by atoms with van der Waals surface area (Å²) in [6.45, 7) is 0. The Morgan fingerprint density at radius 3 is 1.47 bits per heavy atom. The normalized spacial score (nSPS) is 11.6. The van der Waals surface area contributed by atoms with Crippen molar-refractivity contribution in [1.82, 2.24) is 34.1 Å². The monoisotopic (exact) mass is 727 g/mol. The second-order valence-corrected chi connectivity index (χ2v) is 14.1. The number of rotatable bonds is 10. The van der Waals surface area contributed by atoms with Crippen LogP contribution in [0.3, 0.4) is 0 Å². The minimum absolute atomic E-state index is 0.138. The first-order chi connectivity index (χ1) is 24.5. The van der Waals surface area contributed by atoms with E-state index in [2.05, 4.69) is 15.2 Å². The zero-order valence-corrected chi connectivity index (χ0v) is 27.9. The lowest BCUT2D eigenvalue weighted by Crippen LogP contribution is -2.14. The van der Waals surface area contributed by atoms with Gasteiger partial charge in [0.15, 0.2) is 0 Å². The molecule has 2 amide bonds. The average molecular weight is 728 g/mol. The number of hydrogen-bond acceptors (Lipinski definition) is 10. The third-order valence-corrected chi connectivity index (χ3v) is 10.5. The van der Waals surface area contributed by atoms with Crippen LogP contribution in [0, 0.1) is 0 Å². The number of nitrogens with one attached hydrogen (secondary N) is 3. The summed E-state index contributed by atoms with van der Waals surface area (Å²) >= 11 is 0. The summed E-state index contributed by atoms with van der Waals surface area (Å²) in [4.78, 5) is 26.2. The highest BCUT2D eigenvalue weighted by Crippen LogP contribution is 2.24. The van der Waals surface area contributed by atoms with E-state index in [9.17, 15) is 26.4 Å². The van der Waals surface area contributed by atoms with Crippen molar-refractivity contribution in [2.45, 2.75) is 9.79 Å². The third kappa shape index (κ3) is 8.80. The molecule has 0 unspecified atom stereocenters.